The third-order valence-electron chi connectivity index (χ3n) is 4.99. The Morgan fingerprint density at radius 2 is 2.07 bits per heavy atom. The molecule has 1 saturated heterocycles. The van der Waals surface area contributed by atoms with Gasteiger partial charge in [0, 0.05) is 24.5 Å². The Kier molecular flexibility index (Phi) is 4.46. The average Bonchev–Trinajstić information content (AvgIpc) is 3.33. The molecule has 1 fully saturated rings. The minimum Gasteiger partial charge on any atom is -0.342 e. The summed E-state index contributed by atoms with van der Waals surface area (Å²) in [5.74, 6) is -0.319. The summed E-state index contributed by atoms with van der Waals surface area (Å²) in [6.45, 7) is 1.67. The largest absolute Gasteiger partial charge is 0.342 e. The molecule has 4 rings (SSSR count). The summed E-state index contributed by atoms with van der Waals surface area (Å²) in [4.78, 5) is 6.74. The number of nitrogens with one attached hydrogen (secondary N) is 1. The first-order chi connectivity index (χ1) is 13.2. The summed E-state index contributed by atoms with van der Waals surface area (Å²) in [5, 5.41) is 4.18. The SMILES string of the molecule is Cc1cc(F)c2[nH]c(S(=O)(=O)N3CCC[C@H]3C(F)F)cc2c1-c1ncn(C)n1. The Morgan fingerprint density at radius 1 is 1.32 bits per heavy atom. The van der Waals surface area contributed by atoms with E-state index in [0.717, 1.165) is 4.31 Å². The molecule has 0 spiro atoms. The van der Waals surface area contributed by atoms with Crippen molar-refractivity contribution in [2.75, 3.05) is 6.54 Å². The molecule has 28 heavy (non-hydrogen) atoms. The molecule has 0 saturated carbocycles. The molecule has 150 valence electrons. The highest BCUT2D eigenvalue weighted by Gasteiger charge is 2.41. The fourth-order valence-corrected chi connectivity index (χ4v) is 5.37. The molecule has 0 radical (unpaired) electrons. The van der Waals surface area contributed by atoms with Crippen molar-refractivity contribution in [2.45, 2.75) is 37.3 Å². The van der Waals surface area contributed by atoms with Crippen molar-refractivity contribution in [3.8, 4) is 11.4 Å². The summed E-state index contributed by atoms with van der Waals surface area (Å²) in [6.07, 6.45) is -0.862. The van der Waals surface area contributed by atoms with Gasteiger partial charge in [-0.25, -0.2) is 26.6 Å². The Balaban J connectivity index is 1.89. The topological polar surface area (TPSA) is 83.9 Å². The quantitative estimate of drug-likeness (QED) is 0.713. The fraction of sp³-hybridized carbons (Fsp3) is 0.412. The smallest absolute Gasteiger partial charge is 0.258 e. The average molecular weight is 413 g/mol. The molecule has 11 heteroatoms. The number of aromatic nitrogens is 4. The van der Waals surface area contributed by atoms with Crippen LogP contribution in [0.4, 0.5) is 13.2 Å². The molecule has 0 bridgehead atoms. The molecule has 1 atom stereocenters. The number of rotatable bonds is 4. The zero-order valence-corrected chi connectivity index (χ0v) is 16.0. The standard InChI is InChI=1S/C17H18F3N5O2S/c1-9-6-11(18)15-10(14(9)17-21-8-24(2)23-17)7-13(22-15)28(26,27)25-5-3-4-12(25)16(19)20/h6-8,12,16,22H,3-5H2,1-2H3/t12-/m0/s1. The Hall–Kier alpha value is -2.40. The van der Waals surface area contributed by atoms with Crippen LogP contribution in [-0.4, -0.2) is 51.5 Å². The number of aromatic amines is 1. The van der Waals surface area contributed by atoms with E-state index in [2.05, 4.69) is 15.1 Å². The second-order valence-electron chi connectivity index (χ2n) is 6.87. The monoisotopic (exact) mass is 413 g/mol. The van der Waals surface area contributed by atoms with E-state index in [9.17, 15) is 21.6 Å². The van der Waals surface area contributed by atoms with Gasteiger partial charge in [-0.2, -0.15) is 9.40 Å². The molecule has 1 N–H and O–H groups in total. The lowest BCUT2D eigenvalue weighted by Crippen LogP contribution is -2.39. The van der Waals surface area contributed by atoms with Crippen LogP contribution in [0, 0.1) is 12.7 Å². The van der Waals surface area contributed by atoms with Crippen LogP contribution >= 0.6 is 0 Å². The van der Waals surface area contributed by atoms with Crippen LogP contribution in [0.5, 0.6) is 0 Å². The van der Waals surface area contributed by atoms with E-state index in [1.54, 1.807) is 14.0 Å². The molecule has 7 nitrogen and oxygen atoms in total. The van der Waals surface area contributed by atoms with Gasteiger partial charge in [-0.05, 0) is 37.5 Å². The number of nitrogens with zero attached hydrogens (tertiary/aromatic N) is 4. The highest BCUT2D eigenvalue weighted by molar-refractivity contribution is 7.89. The summed E-state index contributed by atoms with van der Waals surface area (Å²) in [6, 6.07) is 1.16. The highest BCUT2D eigenvalue weighted by Crippen LogP contribution is 2.35. The maximum absolute atomic E-state index is 14.5. The van der Waals surface area contributed by atoms with Gasteiger partial charge in [0.1, 0.15) is 17.2 Å². The number of sulfonamides is 1. The van der Waals surface area contributed by atoms with Crippen LogP contribution in [0.2, 0.25) is 0 Å². The predicted octanol–water partition coefficient (Wildman–Crippen LogP) is 2.83. The van der Waals surface area contributed by atoms with Crippen LogP contribution in [-0.2, 0) is 17.1 Å². The Labute approximate surface area is 159 Å². The van der Waals surface area contributed by atoms with Crippen molar-refractivity contribution >= 4 is 20.9 Å². The summed E-state index contributed by atoms with van der Waals surface area (Å²) in [7, 11) is -2.56. The van der Waals surface area contributed by atoms with Gasteiger partial charge in [0.25, 0.3) is 16.4 Å². The van der Waals surface area contributed by atoms with Crippen LogP contribution in [0.25, 0.3) is 22.3 Å². The van der Waals surface area contributed by atoms with Gasteiger partial charge in [0.05, 0.1) is 11.6 Å². The van der Waals surface area contributed by atoms with Crippen molar-refractivity contribution in [3.05, 3.63) is 29.8 Å². The van der Waals surface area contributed by atoms with Crippen LogP contribution in [0.3, 0.4) is 0 Å². The van der Waals surface area contributed by atoms with E-state index in [-0.39, 0.29) is 28.9 Å². The van der Waals surface area contributed by atoms with Gasteiger partial charge < -0.3 is 4.98 Å². The first-order valence-electron chi connectivity index (χ1n) is 8.68. The lowest BCUT2D eigenvalue weighted by atomic mass is 10.0. The molecule has 1 aliphatic rings. The fourth-order valence-electron chi connectivity index (χ4n) is 3.69. The lowest BCUT2D eigenvalue weighted by Gasteiger charge is -2.22. The van der Waals surface area contributed by atoms with E-state index in [1.165, 1.54) is 23.1 Å². The second-order valence-corrected chi connectivity index (χ2v) is 8.73. The second kappa shape index (κ2) is 6.59. The molecule has 3 heterocycles. The number of benzene rings is 1. The molecule has 1 aliphatic heterocycles. The van der Waals surface area contributed by atoms with Crippen LogP contribution in [0.1, 0.15) is 18.4 Å². The lowest BCUT2D eigenvalue weighted by molar-refractivity contribution is 0.0784. The predicted molar refractivity (Wildman–Crippen MR) is 95.9 cm³/mol. The van der Waals surface area contributed by atoms with Gasteiger partial charge in [-0.3, -0.25) is 4.68 Å². The first-order valence-corrected chi connectivity index (χ1v) is 10.1. The number of hydrogen-bond donors (Lipinski definition) is 1. The minimum absolute atomic E-state index is 0.00285. The van der Waals surface area contributed by atoms with Crippen molar-refractivity contribution in [1.82, 2.24) is 24.1 Å². The Bertz CT molecular complexity index is 1160. The molecular weight excluding hydrogens is 395 g/mol. The molecule has 0 unspecified atom stereocenters. The van der Waals surface area contributed by atoms with Crippen LogP contribution < -0.4 is 0 Å². The zero-order valence-electron chi connectivity index (χ0n) is 15.2. The van der Waals surface area contributed by atoms with Crippen molar-refractivity contribution in [3.63, 3.8) is 0 Å². The summed E-state index contributed by atoms with van der Waals surface area (Å²) >= 11 is 0. The van der Waals surface area contributed by atoms with E-state index in [4.69, 9.17) is 0 Å². The molecular formula is C17H18F3N5O2S. The van der Waals surface area contributed by atoms with Crippen molar-refractivity contribution in [1.29, 1.82) is 0 Å². The van der Waals surface area contributed by atoms with Gasteiger partial charge in [0.2, 0.25) is 0 Å². The summed E-state index contributed by atoms with van der Waals surface area (Å²) < 4.78 is 69.2. The molecule has 0 aliphatic carbocycles. The molecule has 0 amide bonds. The third-order valence-corrected chi connectivity index (χ3v) is 6.83. The molecule has 2 aromatic heterocycles. The number of H-pyrrole nitrogens is 1. The Morgan fingerprint density at radius 3 is 2.71 bits per heavy atom. The summed E-state index contributed by atoms with van der Waals surface area (Å²) in [5.41, 5.74) is 0.992. The van der Waals surface area contributed by atoms with E-state index in [0.29, 0.717) is 23.4 Å². The molecule has 3 aromatic rings. The van der Waals surface area contributed by atoms with Crippen molar-refractivity contribution in [2.24, 2.45) is 7.05 Å². The van der Waals surface area contributed by atoms with Gasteiger partial charge >= 0.3 is 0 Å². The highest BCUT2D eigenvalue weighted by atomic mass is 32.2. The maximum atomic E-state index is 14.5. The number of fused-ring (bicyclic) bond motifs is 1. The number of hydrogen-bond acceptors (Lipinski definition) is 4. The van der Waals surface area contributed by atoms with Crippen LogP contribution in [0.15, 0.2) is 23.5 Å². The normalized spacial score (nSPS) is 18.6. The minimum atomic E-state index is -4.23. The first kappa shape index (κ1) is 18.9. The van der Waals surface area contributed by atoms with Gasteiger partial charge in [-0.1, -0.05) is 0 Å². The maximum Gasteiger partial charge on any atom is 0.258 e. The molecule has 1 aromatic carbocycles. The third kappa shape index (κ3) is 2.89. The van der Waals surface area contributed by atoms with Gasteiger partial charge in [0.15, 0.2) is 5.82 Å². The number of alkyl halides is 2. The van der Waals surface area contributed by atoms with Crippen molar-refractivity contribution < 1.29 is 21.6 Å². The van der Waals surface area contributed by atoms with E-state index in [1.807, 2.05) is 0 Å². The van der Waals surface area contributed by atoms with E-state index < -0.39 is 28.3 Å². The van der Waals surface area contributed by atoms with Gasteiger partial charge in [-0.15, -0.1) is 0 Å². The zero-order chi connectivity index (χ0) is 20.2. The van der Waals surface area contributed by atoms with E-state index >= 15 is 0 Å². The number of halogens is 3. The number of aryl methyl sites for hydroxylation is 2.